The maximum atomic E-state index is 11.7. The van der Waals surface area contributed by atoms with E-state index in [1.807, 2.05) is 0 Å². The van der Waals surface area contributed by atoms with Crippen molar-refractivity contribution in [3.8, 4) is 0 Å². The molecule has 0 spiro atoms. The molecule has 0 fully saturated rings. The number of hydrogen-bond donors (Lipinski definition) is 1. The van der Waals surface area contributed by atoms with Gasteiger partial charge >= 0.3 is 5.97 Å². The minimum absolute atomic E-state index is 0.207. The number of rotatable bonds is 5. The Morgan fingerprint density at radius 2 is 2.36 bits per heavy atom. The number of hydrogen-bond acceptors (Lipinski definition) is 3. The number of halogens is 1. The fourth-order valence-electron chi connectivity index (χ4n) is 0.614. The average Bonchev–Trinajstić information content (AvgIpc) is 2.01. The molecule has 66 valence electrons. The summed E-state index contributed by atoms with van der Waals surface area (Å²) >= 11 is 0. The van der Waals surface area contributed by atoms with Crippen LogP contribution in [0.25, 0.3) is 0 Å². The van der Waals surface area contributed by atoms with Crippen LogP contribution < -0.4 is 5.73 Å². The lowest BCUT2D eigenvalue weighted by Crippen LogP contribution is -2.23. The summed E-state index contributed by atoms with van der Waals surface area (Å²) in [7, 11) is 0. The Hall–Kier alpha value is -0.640. The van der Waals surface area contributed by atoms with Crippen molar-refractivity contribution >= 4 is 5.97 Å². The van der Waals surface area contributed by atoms with Crippen molar-refractivity contribution in [1.29, 1.82) is 0 Å². The predicted molar refractivity (Wildman–Crippen MR) is 39.8 cm³/mol. The molecule has 0 radical (unpaired) electrons. The van der Waals surface area contributed by atoms with Crippen LogP contribution in [0.1, 0.15) is 19.8 Å². The topological polar surface area (TPSA) is 52.3 Å². The molecule has 0 aliphatic heterocycles. The van der Waals surface area contributed by atoms with Gasteiger partial charge in [-0.25, -0.2) is 4.39 Å². The average molecular weight is 163 g/mol. The zero-order valence-electron chi connectivity index (χ0n) is 6.68. The van der Waals surface area contributed by atoms with E-state index in [2.05, 4.69) is 4.74 Å². The lowest BCUT2D eigenvalue weighted by molar-refractivity contribution is -0.143. The van der Waals surface area contributed by atoms with Crippen molar-refractivity contribution in [3.05, 3.63) is 0 Å². The largest absolute Gasteiger partial charge is 0.466 e. The molecule has 0 aliphatic carbocycles. The highest BCUT2D eigenvalue weighted by Crippen LogP contribution is 1.97. The van der Waals surface area contributed by atoms with Gasteiger partial charge in [0.25, 0.3) is 0 Å². The first-order valence-corrected chi connectivity index (χ1v) is 3.67. The van der Waals surface area contributed by atoms with Crippen LogP contribution in [0.5, 0.6) is 0 Å². The summed E-state index contributed by atoms with van der Waals surface area (Å²) in [5, 5.41) is 0. The van der Waals surface area contributed by atoms with Gasteiger partial charge in [-0.1, -0.05) is 0 Å². The Labute approximate surface area is 65.7 Å². The Morgan fingerprint density at radius 1 is 1.73 bits per heavy atom. The molecule has 4 heteroatoms. The van der Waals surface area contributed by atoms with Crippen molar-refractivity contribution in [3.63, 3.8) is 0 Å². The van der Waals surface area contributed by atoms with E-state index >= 15 is 0 Å². The van der Waals surface area contributed by atoms with Crippen molar-refractivity contribution in [2.24, 2.45) is 5.73 Å². The number of ether oxygens (including phenoxy) is 1. The number of nitrogens with two attached hydrogens (primary N) is 1. The molecule has 0 heterocycles. The smallest absolute Gasteiger partial charge is 0.305 e. The Morgan fingerprint density at radius 3 is 2.82 bits per heavy atom. The van der Waals surface area contributed by atoms with Gasteiger partial charge in [-0.3, -0.25) is 4.79 Å². The number of carbonyl (C=O) groups excluding carboxylic acids is 1. The summed E-state index contributed by atoms with van der Waals surface area (Å²) in [5.74, 6) is -0.309. The highest BCUT2D eigenvalue weighted by atomic mass is 19.1. The van der Waals surface area contributed by atoms with Gasteiger partial charge in [0.05, 0.1) is 6.61 Å². The molecule has 0 saturated carbocycles. The molecule has 0 aromatic rings. The highest BCUT2D eigenvalue weighted by molar-refractivity contribution is 5.69. The molecule has 0 aliphatic rings. The molecule has 11 heavy (non-hydrogen) atoms. The first-order chi connectivity index (χ1) is 5.20. The molecule has 0 saturated heterocycles. The fraction of sp³-hybridized carbons (Fsp3) is 0.857. The molecular formula is C7H14FNO2. The minimum Gasteiger partial charge on any atom is -0.466 e. The molecule has 1 atom stereocenters. The van der Waals surface area contributed by atoms with Gasteiger partial charge in [-0.15, -0.1) is 0 Å². The van der Waals surface area contributed by atoms with Gasteiger partial charge in [-0.2, -0.15) is 0 Å². The van der Waals surface area contributed by atoms with Crippen LogP contribution in [0.2, 0.25) is 0 Å². The first kappa shape index (κ1) is 10.4. The molecule has 0 aromatic carbocycles. The third-order valence-corrected chi connectivity index (χ3v) is 1.22. The van der Waals surface area contributed by atoms with Gasteiger partial charge < -0.3 is 10.5 Å². The Kier molecular flexibility index (Phi) is 5.74. The number of alkyl halides is 1. The van der Waals surface area contributed by atoms with E-state index in [1.54, 1.807) is 6.92 Å². The van der Waals surface area contributed by atoms with Crippen LogP contribution >= 0.6 is 0 Å². The summed E-state index contributed by atoms with van der Waals surface area (Å²) in [4.78, 5) is 10.7. The van der Waals surface area contributed by atoms with Crippen LogP contribution in [0.4, 0.5) is 4.39 Å². The van der Waals surface area contributed by atoms with Crippen LogP contribution in [0, 0.1) is 0 Å². The Balaban J connectivity index is 3.30. The van der Waals surface area contributed by atoms with Gasteiger partial charge in [0, 0.05) is 12.5 Å². The van der Waals surface area contributed by atoms with E-state index in [0.717, 1.165) is 0 Å². The Bertz CT molecular complexity index is 119. The van der Waals surface area contributed by atoms with Crippen molar-refractivity contribution in [1.82, 2.24) is 0 Å². The predicted octanol–water partition coefficient (Wildman–Crippen LogP) is 0.627. The molecule has 2 N–H and O–H groups in total. The standard InChI is InChI=1S/C7H14FNO2/c1-2-11-7(10)4-3-6(9)5-8/h6H,2-5,9H2,1H3/t6-/m0/s1. The third kappa shape index (κ3) is 5.79. The van der Waals surface area contributed by atoms with Crippen molar-refractivity contribution in [2.75, 3.05) is 13.3 Å². The lowest BCUT2D eigenvalue weighted by Gasteiger charge is -2.05. The SMILES string of the molecule is CCOC(=O)CC[C@H](N)CF. The van der Waals surface area contributed by atoms with Crippen LogP contribution in [-0.2, 0) is 9.53 Å². The lowest BCUT2D eigenvalue weighted by atomic mass is 10.2. The summed E-state index contributed by atoms with van der Waals surface area (Å²) < 4.78 is 16.4. The quantitative estimate of drug-likeness (QED) is 0.605. The van der Waals surface area contributed by atoms with Gasteiger partial charge in [0.2, 0.25) is 0 Å². The molecule has 0 bridgehead atoms. The maximum absolute atomic E-state index is 11.7. The van der Waals surface area contributed by atoms with E-state index in [9.17, 15) is 9.18 Å². The number of esters is 1. The fourth-order valence-corrected chi connectivity index (χ4v) is 0.614. The summed E-state index contributed by atoms with van der Waals surface area (Å²) in [5.41, 5.74) is 5.23. The second-order valence-corrected chi connectivity index (χ2v) is 2.26. The normalized spacial score (nSPS) is 12.6. The molecule has 3 nitrogen and oxygen atoms in total. The van der Waals surface area contributed by atoms with Crippen molar-refractivity contribution < 1.29 is 13.9 Å². The molecule has 0 amide bonds. The summed E-state index contributed by atoms with van der Waals surface area (Å²) in [6, 6.07) is -0.528. The van der Waals surface area contributed by atoms with Gasteiger partial charge in [-0.05, 0) is 13.3 Å². The molecule has 0 rings (SSSR count). The van der Waals surface area contributed by atoms with E-state index in [4.69, 9.17) is 5.73 Å². The maximum Gasteiger partial charge on any atom is 0.305 e. The van der Waals surface area contributed by atoms with Crippen LogP contribution in [-0.4, -0.2) is 25.3 Å². The molecular weight excluding hydrogens is 149 g/mol. The van der Waals surface area contributed by atoms with Gasteiger partial charge in [0.1, 0.15) is 6.67 Å². The molecule has 0 aromatic heterocycles. The van der Waals surface area contributed by atoms with E-state index < -0.39 is 12.7 Å². The first-order valence-electron chi connectivity index (χ1n) is 3.67. The highest BCUT2D eigenvalue weighted by Gasteiger charge is 2.06. The number of carbonyl (C=O) groups is 1. The van der Waals surface area contributed by atoms with Gasteiger partial charge in [0.15, 0.2) is 0 Å². The summed E-state index contributed by atoms with van der Waals surface area (Å²) in [6.45, 7) is 1.51. The van der Waals surface area contributed by atoms with Crippen LogP contribution in [0.15, 0.2) is 0 Å². The second-order valence-electron chi connectivity index (χ2n) is 2.26. The zero-order valence-corrected chi connectivity index (χ0v) is 6.68. The zero-order chi connectivity index (χ0) is 8.69. The van der Waals surface area contributed by atoms with Crippen molar-refractivity contribution in [2.45, 2.75) is 25.8 Å². The third-order valence-electron chi connectivity index (χ3n) is 1.22. The second kappa shape index (κ2) is 6.09. The summed E-state index contributed by atoms with van der Waals surface area (Å²) in [6.07, 6.45) is 0.564. The molecule has 0 unspecified atom stereocenters. The minimum atomic E-state index is -0.584. The van der Waals surface area contributed by atoms with E-state index in [0.29, 0.717) is 13.0 Å². The van der Waals surface area contributed by atoms with E-state index in [-0.39, 0.29) is 12.4 Å². The van der Waals surface area contributed by atoms with Crippen LogP contribution in [0.3, 0.4) is 0 Å². The monoisotopic (exact) mass is 163 g/mol. The van der Waals surface area contributed by atoms with E-state index in [1.165, 1.54) is 0 Å².